The molecule has 1 aromatic heterocycles. The molecule has 0 fully saturated rings. The molecule has 0 saturated carbocycles. The highest BCUT2D eigenvalue weighted by atomic mass is 79.9. The van der Waals surface area contributed by atoms with Crippen molar-refractivity contribution in [3.05, 3.63) is 46.2 Å². The molecule has 0 radical (unpaired) electrons. The molecule has 0 aliphatic heterocycles. The van der Waals surface area contributed by atoms with Crippen molar-refractivity contribution >= 4 is 21.6 Å². The van der Waals surface area contributed by atoms with E-state index in [0.717, 1.165) is 28.0 Å². The minimum atomic E-state index is 0.604. The van der Waals surface area contributed by atoms with Crippen molar-refractivity contribution in [1.82, 2.24) is 4.98 Å². The molecule has 0 atom stereocenters. The van der Waals surface area contributed by atoms with Gasteiger partial charge < -0.3 is 10.5 Å². The zero-order chi connectivity index (χ0) is 13.1. The fourth-order valence-corrected chi connectivity index (χ4v) is 2.05. The van der Waals surface area contributed by atoms with E-state index in [4.69, 9.17) is 10.5 Å². The molecule has 0 amide bonds. The number of nitrogens with zero attached hydrogens (tertiary/aromatic N) is 1. The molecular weight excluding hydrogens is 292 g/mol. The Morgan fingerprint density at radius 1 is 1.22 bits per heavy atom. The second-order valence-corrected chi connectivity index (χ2v) is 4.95. The fourth-order valence-electron chi connectivity index (χ4n) is 1.67. The van der Waals surface area contributed by atoms with Crippen molar-refractivity contribution in [1.29, 1.82) is 0 Å². The van der Waals surface area contributed by atoms with Gasteiger partial charge in [0, 0.05) is 10.2 Å². The lowest BCUT2D eigenvalue weighted by Crippen LogP contribution is -1.97. The molecule has 2 rings (SSSR count). The van der Waals surface area contributed by atoms with Crippen LogP contribution in [0.4, 0.5) is 5.69 Å². The predicted molar refractivity (Wildman–Crippen MR) is 77.0 cm³/mol. The fraction of sp³-hybridized carbons (Fsp3) is 0.214. The van der Waals surface area contributed by atoms with Crippen molar-refractivity contribution in [2.24, 2.45) is 0 Å². The van der Waals surface area contributed by atoms with Gasteiger partial charge in [0.2, 0.25) is 0 Å². The summed E-state index contributed by atoms with van der Waals surface area (Å²) in [6.45, 7) is 4.02. The van der Waals surface area contributed by atoms with Gasteiger partial charge in [-0.3, -0.25) is 4.98 Å². The smallest absolute Gasteiger partial charge is 0.150 e. The van der Waals surface area contributed by atoms with E-state index in [9.17, 15) is 0 Å². The second-order valence-electron chi connectivity index (χ2n) is 4.04. The summed E-state index contributed by atoms with van der Waals surface area (Å²) in [5, 5.41) is 0. The summed E-state index contributed by atoms with van der Waals surface area (Å²) in [5.41, 5.74) is 8.45. The maximum Gasteiger partial charge on any atom is 0.150 e. The van der Waals surface area contributed by atoms with Crippen LogP contribution in [0.2, 0.25) is 0 Å². The lowest BCUT2D eigenvalue weighted by atomic mass is 10.2. The summed E-state index contributed by atoms with van der Waals surface area (Å²) in [6, 6.07) is 9.44. The van der Waals surface area contributed by atoms with Crippen molar-refractivity contribution < 1.29 is 4.74 Å². The SMILES string of the molecule is CCc1nc(C)ccc1Oc1ccc(Br)cc1N. The molecule has 0 aliphatic rings. The Bertz CT molecular complexity index is 570. The highest BCUT2D eigenvalue weighted by molar-refractivity contribution is 9.10. The zero-order valence-electron chi connectivity index (χ0n) is 10.4. The number of benzene rings is 1. The summed E-state index contributed by atoms with van der Waals surface area (Å²) in [6.07, 6.45) is 0.827. The number of halogens is 1. The number of hydrogen-bond donors (Lipinski definition) is 1. The maximum atomic E-state index is 5.92. The Morgan fingerprint density at radius 2 is 1.94 bits per heavy atom. The average Bonchev–Trinajstić information content (AvgIpc) is 2.34. The molecule has 18 heavy (non-hydrogen) atoms. The monoisotopic (exact) mass is 306 g/mol. The first kappa shape index (κ1) is 12.9. The predicted octanol–water partition coefficient (Wildman–Crippen LogP) is 4.09. The molecule has 1 aromatic carbocycles. The van der Waals surface area contributed by atoms with Gasteiger partial charge in [0.25, 0.3) is 0 Å². The Morgan fingerprint density at radius 3 is 2.61 bits per heavy atom. The Kier molecular flexibility index (Phi) is 3.87. The zero-order valence-corrected chi connectivity index (χ0v) is 12.0. The first-order valence-electron chi connectivity index (χ1n) is 5.79. The summed E-state index contributed by atoms with van der Waals surface area (Å²) < 4.78 is 6.77. The number of pyridine rings is 1. The largest absolute Gasteiger partial charge is 0.453 e. The van der Waals surface area contributed by atoms with Gasteiger partial charge in [-0.2, -0.15) is 0 Å². The van der Waals surface area contributed by atoms with Crippen LogP contribution in [-0.2, 0) is 6.42 Å². The topological polar surface area (TPSA) is 48.1 Å². The molecule has 1 heterocycles. The minimum absolute atomic E-state index is 0.604. The maximum absolute atomic E-state index is 5.92. The van der Waals surface area contributed by atoms with Crippen LogP contribution in [0.25, 0.3) is 0 Å². The second kappa shape index (κ2) is 5.40. The van der Waals surface area contributed by atoms with E-state index in [1.807, 2.05) is 37.3 Å². The van der Waals surface area contributed by atoms with Gasteiger partial charge in [-0.25, -0.2) is 0 Å². The Hall–Kier alpha value is -1.55. The molecule has 2 aromatic rings. The van der Waals surface area contributed by atoms with Gasteiger partial charge in [-0.1, -0.05) is 22.9 Å². The van der Waals surface area contributed by atoms with Crippen LogP contribution in [0.3, 0.4) is 0 Å². The van der Waals surface area contributed by atoms with Gasteiger partial charge >= 0.3 is 0 Å². The average molecular weight is 307 g/mol. The van der Waals surface area contributed by atoms with Crippen LogP contribution in [0, 0.1) is 6.92 Å². The van der Waals surface area contributed by atoms with E-state index in [-0.39, 0.29) is 0 Å². The van der Waals surface area contributed by atoms with Gasteiger partial charge in [0.05, 0.1) is 11.4 Å². The van der Waals surface area contributed by atoms with Crippen LogP contribution in [0.5, 0.6) is 11.5 Å². The molecule has 0 saturated heterocycles. The molecule has 4 heteroatoms. The van der Waals surface area contributed by atoms with E-state index in [1.165, 1.54) is 0 Å². The van der Waals surface area contributed by atoms with E-state index in [1.54, 1.807) is 0 Å². The standard InChI is InChI=1S/C14H15BrN2O/c1-3-12-14(6-4-9(2)17-12)18-13-7-5-10(15)8-11(13)16/h4-8H,3,16H2,1-2H3. The highest BCUT2D eigenvalue weighted by Crippen LogP contribution is 2.31. The third-order valence-electron chi connectivity index (χ3n) is 2.60. The van der Waals surface area contributed by atoms with Gasteiger partial charge in [-0.05, 0) is 43.7 Å². The van der Waals surface area contributed by atoms with Gasteiger partial charge in [0.15, 0.2) is 0 Å². The van der Waals surface area contributed by atoms with Crippen LogP contribution < -0.4 is 10.5 Å². The Labute approximate surface area is 115 Å². The number of ether oxygens (including phenoxy) is 1. The number of rotatable bonds is 3. The van der Waals surface area contributed by atoms with Crippen LogP contribution in [0.15, 0.2) is 34.8 Å². The number of anilines is 1. The summed E-state index contributed by atoms with van der Waals surface area (Å²) in [7, 11) is 0. The summed E-state index contributed by atoms with van der Waals surface area (Å²) in [5.74, 6) is 1.41. The van der Waals surface area contributed by atoms with Crippen LogP contribution in [0.1, 0.15) is 18.3 Å². The number of aryl methyl sites for hydroxylation is 2. The third kappa shape index (κ3) is 2.82. The molecule has 3 nitrogen and oxygen atoms in total. The number of nitrogen functional groups attached to an aromatic ring is 1. The van der Waals surface area contributed by atoms with Crippen molar-refractivity contribution in [3.8, 4) is 11.5 Å². The molecule has 0 aliphatic carbocycles. The first-order chi connectivity index (χ1) is 8.60. The van der Waals surface area contributed by atoms with Crippen LogP contribution >= 0.6 is 15.9 Å². The first-order valence-corrected chi connectivity index (χ1v) is 6.59. The summed E-state index contributed by atoms with van der Waals surface area (Å²) >= 11 is 3.37. The lowest BCUT2D eigenvalue weighted by Gasteiger charge is -2.12. The van der Waals surface area contributed by atoms with E-state index >= 15 is 0 Å². The van der Waals surface area contributed by atoms with E-state index < -0.39 is 0 Å². The van der Waals surface area contributed by atoms with E-state index in [0.29, 0.717) is 11.4 Å². The molecule has 0 unspecified atom stereocenters. The number of nitrogens with two attached hydrogens (primary N) is 1. The van der Waals surface area contributed by atoms with Crippen LogP contribution in [-0.4, -0.2) is 4.98 Å². The number of aromatic nitrogens is 1. The minimum Gasteiger partial charge on any atom is -0.453 e. The van der Waals surface area contributed by atoms with E-state index in [2.05, 4.69) is 27.8 Å². The van der Waals surface area contributed by atoms with Crippen molar-refractivity contribution in [2.75, 3.05) is 5.73 Å². The number of hydrogen-bond acceptors (Lipinski definition) is 3. The van der Waals surface area contributed by atoms with Crippen molar-refractivity contribution in [2.45, 2.75) is 20.3 Å². The van der Waals surface area contributed by atoms with Crippen molar-refractivity contribution in [3.63, 3.8) is 0 Å². The molecule has 94 valence electrons. The lowest BCUT2D eigenvalue weighted by molar-refractivity contribution is 0.475. The molecule has 0 bridgehead atoms. The van der Waals surface area contributed by atoms with Gasteiger partial charge in [0.1, 0.15) is 11.5 Å². The quantitative estimate of drug-likeness (QED) is 0.869. The molecular formula is C14H15BrN2O. The Balaban J connectivity index is 2.33. The summed E-state index contributed by atoms with van der Waals surface area (Å²) in [4.78, 5) is 4.46. The van der Waals surface area contributed by atoms with Gasteiger partial charge in [-0.15, -0.1) is 0 Å². The normalized spacial score (nSPS) is 10.4. The molecule has 2 N–H and O–H groups in total. The highest BCUT2D eigenvalue weighted by Gasteiger charge is 2.08. The molecule has 0 spiro atoms. The third-order valence-corrected chi connectivity index (χ3v) is 3.09.